The van der Waals surface area contributed by atoms with E-state index in [0.29, 0.717) is 18.8 Å². The van der Waals surface area contributed by atoms with Crippen LogP contribution < -0.4 is 5.56 Å². The smallest absolute Gasteiger partial charge is 0.274 e. The summed E-state index contributed by atoms with van der Waals surface area (Å²) in [7, 11) is 0. The number of benzene rings is 1. The fraction of sp³-hybridized carbons (Fsp3) is 0.389. The van der Waals surface area contributed by atoms with Crippen molar-refractivity contribution < 1.29 is 13.9 Å². The summed E-state index contributed by atoms with van der Waals surface area (Å²) in [5.74, 6) is -0.597. The van der Waals surface area contributed by atoms with Crippen LogP contribution in [0.3, 0.4) is 0 Å². The quantitative estimate of drug-likeness (QED) is 0.834. The van der Waals surface area contributed by atoms with E-state index in [0.717, 1.165) is 23.9 Å². The minimum atomic E-state index is -0.398. The molecule has 0 unspecified atom stereocenters. The van der Waals surface area contributed by atoms with Crippen molar-refractivity contribution in [2.75, 3.05) is 13.2 Å². The average Bonchev–Trinajstić information content (AvgIpc) is 3.11. The Morgan fingerprint density at radius 1 is 1.16 bits per heavy atom. The van der Waals surface area contributed by atoms with Gasteiger partial charge in [0.15, 0.2) is 0 Å². The van der Waals surface area contributed by atoms with E-state index in [1.54, 1.807) is 0 Å². The molecule has 0 bridgehead atoms. The molecule has 130 valence electrons. The second-order valence-corrected chi connectivity index (χ2v) is 6.35. The zero-order chi connectivity index (χ0) is 17.4. The SMILES string of the molecule is O=C(c1ccc(=O)n(-c2ccc(F)cc2)n1)N1CCO[C@H]2CCC[C@H]21. The number of hydrogen-bond donors (Lipinski definition) is 0. The first-order valence-corrected chi connectivity index (χ1v) is 8.42. The Kier molecular flexibility index (Phi) is 4.09. The molecule has 2 fully saturated rings. The molecule has 0 radical (unpaired) electrons. The molecule has 1 saturated heterocycles. The third kappa shape index (κ3) is 2.95. The van der Waals surface area contributed by atoms with Crippen LogP contribution in [0.25, 0.3) is 5.69 Å². The van der Waals surface area contributed by atoms with Gasteiger partial charge in [-0.3, -0.25) is 9.59 Å². The zero-order valence-electron chi connectivity index (χ0n) is 13.6. The molecule has 1 aliphatic heterocycles. The second-order valence-electron chi connectivity index (χ2n) is 6.35. The van der Waals surface area contributed by atoms with Gasteiger partial charge in [-0.05, 0) is 49.6 Å². The normalized spacial score (nSPS) is 22.7. The summed E-state index contributed by atoms with van der Waals surface area (Å²) < 4.78 is 20.0. The molecule has 1 aliphatic carbocycles. The average molecular weight is 343 g/mol. The van der Waals surface area contributed by atoms with Crippen molar-refractivity contribution >= 4 is 5.91 Å². The molecule has 0 N–H and O–H groups in total. The number of halogens is 1. The van der Waals surface area contributed by atoms with Crippen LogP contribution in [0.1, 0.15) is 29.8 Å². The zero-order valence-corrected chi connectivity index (χ0v) is 13.6. The van der Waals surface area contributed by atoms with E-state index in [1.165, 1.54) is 36.4 Å². The summed E-state index contributed by atoms with van der Waals surface area (Å²) in [6.45, 7) is 1.04. The lowest BCUT2D eigenvalue weighted by Gasteiger charge is -2.37. The van der Waals surface area contributed by atoms with Crippen molar-refractivity contribution in [2.45, 2.75) is 31.4 Å². The van der Waals surface area contributed by atoms with Crippen molar-refractivity contribution in [3.63, 3.8) is 0 Å². The Balaban J connectivity index is 1.66. The number of nitrogens with zero attached hydrogens (tertiary/aromatic N) is 3. The van der Waals surface area contributed by atoms with E-state index in [9.17, 15) is 14.0 Å². The van der Waals surface area contributed by atoms with E-state index in [-0.39, 0.29) is 29.3 Å². The Morgan fingerprint density at radius 2 is 1.96 bits per heavy atom. The van der Waals surface area contributed by atoms with Crippen LogP contribution in [-0.4, -0.2) is 45.9 Å². The first kappa shape index (κ1) is 16.0. The van der Waals surface area contributed by atoms with Gasteiger partial charge >= 0.3 is 0 Å². The summed E-state index contributed by atoms with van der Waals surface area (Å²) in [4.78, 5) is 26.8. The van der Waals surface area contributed by atoms with Crippen molar-refractivity contribution in [1.29, 1.82) is 0 Å². The van der Waals surface area contributed by atoms with Gasteiger partial charge in [-0.1, -0.05) is 0 Å². The minimum absolute atomic E-state index is 0.0780. The van der Waals surface area contributed by atoms with Gasteiger partial charge in [0, 0.05) is 12.6 Å². The topological polar surface area (TPSA) is 64.4 Å². The van der Waals surface area contributed by atoms with Gasteiger partial charge in [-0.15, -0.1) is 0 Å². The lowest BCUT2D eigenvalue weighted by atomic mass is 10.1. The summed E-state index contributed by atoms with van der Waals surface area (Å²) >= 11 is 0. The summed E-state index contributed by atoms with van der Waals surface area (Å²) in [5.41, 5.74) is 0.252. The fourth-order valence-electron chi connectivity index (χ4n) is 3.62. The molecular weight excluding hydrogens is 325 g/mol. The maximum absolute atomic E-state index is 13.1. The van der Waals surface area contributed by atoms with Crippen LogP contribution >= 0.6 is 0 Å². The van der Waals surface area contributed by atoms with Gasteiger partial charge in [0.05, 0.1) is 24.4 Å². The van der Waals surface area contributed by atoms with Crippen molar-refractivity contribution in [1.82, 2.24) is 14.7 Å². The number of carbonyl (C=O) groups is 1. The van der Waals surface area contributed by atoms with E-state index in [2.05, 4.69) is 5.10 Å². The molecule has 1 amide bonds. The molecule has 25 heavy (non-hydrogen) atoms. The van der Waals surface area contributed by atoms with Crippen LogP contribution in [0.4, 0.5) is 4.39 Å². The van der Waals surface area contributed by atoms with Crippen LogP contribution in [-0.2, 0) is 4.74 Å². The van der Waals surface area contributed by atoms with Gasteiger partial charge < -0.3 is 9.64 Å². The van der Waals surface area contributed by atoms with Crippen LogP contribution in [0.2, 0.25) is 0 Å². The predicted molar refractivity (Wildman–Crippen MR) is 88.2 cm³/mol. The fourth-order valence-corrected chi connectivity index (χ4v) is 3.62. The molecule has 1 aromatic heterocycles. The predicted octanol–water partition coefficient (Wildman–Crippen LogP) is 1.77. The Hall–Kier alpha value is -2.54. The molecule has 7 heteroatoms. The van der Waals surface area contributed by atoms with Crippen molar-refractivity contribution in [3.8, 4) is 5.69 Å². The molecule has 0 spiro atoms. The number of hydrogen-bond acceptors (Lipinski definition) is 4. The maximum Gasteiger partial charge on any atom is 0.274 e. The highest BCUT2D eigenvalue weighted by Gasteiger charge is 2.39. The first-order valence-electron chi connectivity index (χ1n) is 8.42. The molecule has 2 aromatic rings. The number of amides is 1. The van der Waals surface area contributed by atoms with E-state index in [4.69, 9.17) is 4.74 Å². The van der Waals surface area contributed by atoms with Gasteiger partial charge in [0.2, 0.25) is 0 Å². The molecule has 1 aromatic carbocycles. The van der Waals surface area contributed by atoms with Crippen molar-refractivity contribution in [3.05, 3.63) is 58.3 Å². The highest BCUT2D eigenvalue weighted by Crippen LogP contribution is 2.30. The maximum atomic E-state index is 13.1. The lowest BCUT2D eigenvalue weighted by Crippen LogP contribution is -2.51. The van der Waals surface area contributed by atoms with E-state index < -0.39 is 5.82 Å². The molecule has 1 saturated carbocycles. The molecule has 2 atom stereocenters. The molecule has 4 rings (SSSR count). The van der Waals surface area contributed by atoms with Gasteiger partial charge in [0.25, 0.3) is 11.5 Å². The van der Waals surface area contributed by atoms with Crippen LogP contribution in [0, 0.1) is 5.82 Å². The molecule has 2 heterocycles. The van der Waals surface area contributed by atoms with Crippen LogP contribution in [0.5, 0.6) is 0 Å². The van der Waals surface area contributed by atoms with E-state index >= 15 is 0 Å². The Labute approximate surface area is 143 Å². The molecule has 2 aliphatic rings. The van der Waals surface area contributed by atoms with Crippen LogP contribution in [0.15, 0.2) is 41.2 Å². The number of morpholine rings is 1. The summed E-state index contributed by atoms with van der Waals surface area (Å²) in [6.07, 6.45) is 3.03. The number of rotatable bonds is 2. The van der Waals surface area contributed by atoms with Gasteiger partial charge in [-0.2, -0.15) is 9.78 Å². The lowest BCUT2D eigenvalue weighted by molar-refractivity contribution is -0.0447. The Bertz CT molecular complexity index is 849. The van der Waals surface area contributed by atoms with Gasteiger partial charge in [0.1, 0.15) is 11.5 Å². The largest absolute Gasteiger partial charge is 0.374 e. The number of ether oxygens (including phenoxy) is 1. The second kappa shape index (κ2) is 6.40. The molecule has 6 nitrogen and oxygen atoms in total. The van der Waals surface area contributed by atoms with Crippen molar-refractivity contribution in [2.24, 2.45) is 0 Å². The number of fused-ring (bicyclic) bond motifs is 1. The Morgan fingerprint density at radius 3 is 2.76 bits per heavy atom. The van der Waals surface area contributed by atoms with Gasteiger partial charge in [-0.25, -0.2) is 4.39 Å². The number of aromatic nitrogens is 2. The standard InChI is InChI=1S/C18H18FN3O3/c19-12-4-6-13(7-5-12)22-17(23)9-8-14(20-22)18(24)21-10-11-25-16-3-1-2-15(16)21/h4-9,15-16H,1-3,10-11H2/t15-,16+/m1/s1. The first-order chi connectivity index (χ1) is 12.1. The minimum Gasteiger partial charge on any atom is -0.374 e. The highest BCUT2D eigenvalue weighted by molar-refractivity contribution is 5.92. The monoisotopic (exact) mass is 343 g/mol. The third-order valence-electron chi connectivity index (χ3n) is 4.83. The third-order valence-corrected chi connectivity index (χ3v) is 4.83. The summed E-state index contributed by atoms with van der Waals surface area (Å²) in [6, 6.07) is 8.26. The van der Waals surface area contributed by atoms with E-state index in [1.807, 2.05) is 4.90 Å². The summed E-state index contributed by atoms with van der Waals surface area (Å²) in [5, 5.41) is 4.21. The number of carbonyl (C=O) groups excluding carboxylic acids is 1. The molecular formula is C18H18FN3O3. The highest BCUT2D eigenvalue weighted by atomic mass is 19.1.